The average Bonchev–Trinajstić information content (AvgIpc) is 3.04. The lowest BCUT2D eigenvalue weighted by Gasteiger charge is -2.10. The van der Waals surface area contributed by atoms with Gasteiger partial charge in [-0.05, 0) is 31.5 Å². The zero-order chi connectivity index (χ0) is 12.4. The highest BCUT2D eigenvalue weighted by Gasteiger charge is 2.16. The van der Waals surface area contributed by atoms with E-state index in [0.29, 0.717) is 18.3 Å². The van der Waals surface area contributed by atoms with Gasteiger partial charge < -0.3 is 15.6 Å². The molecule has 1 aromatic carbocycles. The molecule has 0 aliphatic carbocycles. The van der Waals surface area contributed by atoms with Crippen LogP contribution >= 0.6 is 0 Å². The summed E-state index contributed by atoms with van der Waals surface area (Å²) in [5, 5.41) is 7.41. The van der Waals surface area contributed by atoms with Crippen LogP contribution in [0.25, 0.3) is 10.9 Å². The smallest absolute Gasteiger partial charge is 0.267 e. The Bertz CT molecular complexity index is 522. The molecule has 1 fully saturated rings. The van der Waals surface area contributed by atoms with Crippen LogP contribution in [-0.2, 0) is 0 Å². The van der Waals surface area contributed by atoms with Crippen LogP contribution in [0.2, 0.25) is 0 Å². The maximum Gasteiger partial charge on any atom is 0.267 e. The third-order valence-electron chi connectivity index (χ3n) is 3.45. The molecule has 1 unspecified atom stereocenters. The van der Waals surface area contributed by atoms with E-state index in [4.69, 9.17) is 0 Å². The van der Waals surface area contributed by atoms with E-state index in [0.717, 1.165) is 23.9 Å². The molecule has 1 amide bonds. The predicted molar refractivity (Wildman–Crippen MR) is 71.7 cm³/mol. The summed E-state index contributed by atoms with van der Waals surface area (Å²) in [6.07, 6.45) is 2.35. The van der Waals surface area contributed by atoms with Gasteiger partial charge in [0.2, 0.25) is 0 Å². The quantitative estimate of drug-likeness (QED) is 0.767. The van der Waals surface area contributed by atoms with Gasteiger partial charge in [-0.15, -0.1) is 0 Å². The maximum atomic E-state index is 12.0. The van der Waals surface area contributed by atoms with Crippen LogP contribution in [0.4, 0.5) is 0 Å². The monoisotopic (exact) mass is 243 g/mol. The first-order valence-electron chi connectivity index (χ1n) is 6.42. The average molecular weight is 243 g/mol. The number of para-hydroxylation sites is 1. The molecular weight excluding hydrogens is 226 g/mol. The number of fused-ring (bicyclic) bond motifs is 1. The zero-order valence-corrected chi connectivity index (χ0v) is 10.2. The fourth-order valence-corrected chi connectivity index (χ4v) is 2.44. The predicted octanol–water partition coefficient (Wildman–Crippen LogP) is 1.65. The first-order chi connectivity index (χ1) is 8.83. The highest BCUT2D eigenvalue weighted by molar-refractivity contribution is 5.97. The van der Waals surface area contributed by atoms with Crippen molar-refractivity contribution in [1.82, 2.24) is 15.6 Å². The molecule has 0 spiro atoms. The first-order valence-corrected chi connectivity index (χ1v) is 6.42. The van der Waals surface area contributed by atoms with Crippen molar-refractivity contribution in [1.29, 1.82) is 0 Å². The number of aromatic amines is 1. The normalized spacial score (nSPS) is 19.2. The van der Waals surface area contributed by atoms with Crippen LogP contribution < -0.4 is 10.6 Å². The van der Waals surface area contributed by atoms with Gasteiger partial charge in [-0.25, -0.2) is 0 Å². The van der Waals surface area contributed by atoms with Crippen LogP contribution in [0.1, 0.15) is 23.3 Å². The largest absolute Gasteiger partial charge is 0.351 e. The van der Waals surface area contributed by atoms with E-state index < -0.39 is 0 Å². The molecule has 4 heteroatoms. The summed E-state index contributed by atoms with van der Waals surface area (Å²) in [6.45, 7) is 1.77. The summed E-state index contributed by atoms with van der Waals surface area (Å²) in [7, 11) is 0. The Morgan fingerprint density at radius 3 is 3.06 bits per heavy atom. The second-order valence-electron chi connectivity index (χ2n) is 4.77. The van der Waals surface area contributed by atoms with Gasteiger partial charge in [0.05, 0.1) is 0 Å². The third-order valence-corrected chi connectivity index (χ3v) is 3.45. The van der Waals surface area contributed by atoms with Gasteiger partial charge in [0.1, 0.15) is 5.69 Å². The summed E-state index contributed by atoms with van der Waals surface area (Å²) < 4.78 is 0. The summed E-state index contributed by atoms with van der Waals surface area (Å²) in [5.74, 6) is -0.0279. The number of nitrogens with one attached hydrogen (secondary N) is 3. The molecule has 3 rings (SSSR count). The van der Waals surface area contributed by atoms with Gasteiger partial charge >= 0.3 is 0 Å². The lowest BCUT2D eigenvalue weighted by Crippen LogP contribution is -2.37. The van der Waals surface area contributed by atoms with Crippen LogP contribution in [0.3, 0.4) is 0 Å². The molecule has 3 N–H and O–H groups in total. The molecule has 2 aromatic rings. The highest BCUT2D eigenvalue weighted by Crippen LogP contribution is 2.14. The fourth-order valence-electron chi connectivity index (χ4n) is 2.44. The summed E-state index contributed by atoms with van der Waals surface area (Å²) in [4.78, 5) is 15.1. The van der Waals surface area contributed by atoms with E-state index >= 15 is 0 Å². The van der Waals surface area contributed by atoms with Crippen LogP contribution in [0, 0.1) is 0 Å². The Kier molecular flexibility index (Phi) is 3.02. The lowest BCUT2D eigenvalue weighted by atomic mass is 10.2. The van der Waals surface area contributed by atoms with Crippen LogP contribution in [0.5, 0.6) is 0 Å². The van der Waals surface area contributed by atoms with Crippen molar-refractivity contribution in [3.8, 4) is 0 Å². The molecule has 4 nitrogen and oxygen atoms in total. The van der Waals surface area contributed by atoms with Gasteiger partial charge in [-0.1, -0.05) is 18.2 Å². The van der Waals surface area contributed by atoms with E-state index in [9.17, 15) is 4.79 Å². The molecule has 2 heterocycles. The minimum Gasteiger partial charge on any atom is -0.351 e. The Morgan fingerprint density at radius 2 is 2.28 bits per heavy atom. The number of H-pyrrole nitrogens is 1. The topological polar surface area (TPSA) is 56.9 Å². The SMILES string of the molecule is O=C(NCC1CCCN1)c1cc2ccccc2[nH]1. The van der Waals surface area contributed by atoms with Gasteiger partial charge in [-0.2, -0.15) is 0 Å². The Morgan fingerprint density at radius 1 is 1.39 bits per heavy atom. The number of rotatable bonds is 3. The summed E-state index contributed by atoms with van der Waals surface area (Å²) in [6, 6.07) is 10.2. The molecule has 94 valence electrons. The molecule has 1 saturated heterocycles. The fraction of sp³-hybridized carbons (Fsp3) is 0.357. The first kappa shape index (κ1) is 11.3. The summed E-state index contributed by atoms with van der Waals surface area (Å²) in [5.41, 5.74) is 1.64. The molecule has 1 aromatic heterocycles. The van der Waals surface area contributed by atoms with Crippen molar-refractivity contribution in [2.45, 2.75) is 18.9 Å². The second-order valence-corrected chi connectivity index (χ2v) is 4.77. The number of benzene rings is 1. The number of aromatic nitrogens is 1. The van der Waals surface area contributed by atoms with E-state index in [1.165, 1.54) is 6.42 Å². The maximum absolute atomic E-state index is 12.0. The molecule has 0 saturated carbocycles. The Labute approximate surface area is 106 Å². The molecule has 0 bridgehead atoms. The van der Waals surface area contributed by atoms with Gasteiger partial charge in [0.15, 0.2) is 0 Å². The third kappa shape index (κ3) is 2.24. The standard InChI is InChI=1S/C14H17N3O/c18-14(16-9-11-5-3-7-15-11)13-8-10-4-1-2-6-12(10)17-13/h1-2,4,6,8,11,15,17H,3,5,7,9H2,(H,16,18). The van der Waals surface area contributed by atoms with Crippen molar-refractivity contribution in [2.75, 3.05) is 13.1 Å². The van der Waals surface area contributed by atoms with E-state index in [-0.39, 0.29) is 5.91 Å². The van der Waals surface area contributed by atoms with E-state index in [1.807, 2.05) is 30.3 Å². The molecule has 18 heavy (non-hydrogen) atoms. The van der Waals surface area contributed by atoms with E-state index in [1.54, 1.807) is 0 Å². The number of hydrogen-bond acceptors (Lipinski definition) is 2. The molecular formula is C14H17N3O. The second kappa shape index (κ2) is 4.82. The number of carbonyl (C=O) groups excluding carboxylic acids is 1. The zero-order valence-electron chi connectivity index (χ0n) is 10.2. The highest BCUT2D eigenvalue weighted by atomic mass is 16.1. The van der Waals surface area contributed by atoms with Gasteiger partial charge in [0, 0.05) is 23.5 Å². The van der Waals surface area contributed by atoms with Gasteiger partial charge in [-0.3, -0.25) is 4.79 Å². The Balaban J connectivity index is 1.67. The van der Waals surface area contributed by atoms with E-state index in [2.05, 4.69) is 15.6 Å². The lowest BCUT2D eigenvalue weighted by molar-refractivity contribution is 0.0946. The van der Waals surface area contributed by atoms with Crippen molar-refractivity contribution in [2.24, 2.45) is 0 Å². The van der Waals surface area contributed by atoms with Gasteiger partial charge in [0.25, 0.3) is 5.91 Å². The number of amides is 1. The number of carbonyl (C=O) groups is 1. The van der Waals surface area contributed by atoms with Crippen molar-refractivity contribution >= 4 is 16.8 Å². The van der Waals surface area contributed by atoms with Crippen molar-refractivity contribution in [3.05, 3.63) is 36.0 Å². The molecule has 1 aliphatic heterocycles. The van der Waals surface area contributed by atoms with Crippen molar-refractivity contribution < 1.29 is 4.79 Å². The van der Waals surface area contributed by atoms with Crippen LogP contribution in [-0.4, -0.2) is 30.0 Å². The van der Waals surface area contributed by atoms with Crippen LogP contribution in [0.15, 0.2) is 30.3 Å². The minimum absolute atomic E-state index is 0.0279. The number of hydrogen-bond donors (Lipinski definition) is 3. The van der Waals surface area contributed by atoms with Crippen molar-refractivity contribution in [3.63, 3.8) is 0 Å². The summed E-state index contributed by atoms with van der Waals surface area (Å²) >= 11 is 0. The molecule has 1 aliphatic rings. The molecule has 1 atom stereocenters. The Hall–Kier alpha value is -1.81. The molecule has 0 radical (unpaired) electrons. The minimum atomic E-state index is -0.0279.